The Morgan fingerprint density at radius 1 is 1.29 bits per heavy atom. The lowest BCUT2D eigenvalue weighted by Gasteiger charge is -2.14. The fourth-order valence-corrected chi connectivity index (χ4v) is 2.65. The van der Waals surface area contributed by atoms with E-state index in [1.165, 1.54) is 18.2 Å². The number of hydrogen-bond donors (Lipinski definition) is 2. The monoisotopic (exact) mass is 376 g/mol. The molecule has 5 nitrogen and oxygen atoms in total. The van der Waals surface area contributed by atoms with Gasteiger partial charge in [0.1, 0.15) is 11.6 Å². The molecule has 0 spiro atoms. The SMILES string of the molecule is CC(Nc1ccc(F)c(NS(C)(=O)=O)c1)c1ccc(Br)o1. The topological polar surface area (TPSA) is 71.3 Å². The van der Waals surface area contributed by atoms with Crippen LogP contribution in [0.3, 0.4) is 0 Å². The van der Waals surface area contributed by atoms with E-state index >= 15 is 0 Å². The summed E-state index contributed by atoms with van der Waals surface area (Å²) in [5, 5.41) is 3.11. The Hall–Kier alpha value is -1.54. The van der Waals surface area contributed by atoms with Crippen molar-refractivity contribution in [3.8, 4) is 0 Å². The number of furan rings is 1. The number of benzene rings is 1. The van der Waals surface area contributed by atoms with Gasteiger partial charge in [-0.25, -0.2) is 12.8 Å². The summed E-state index contributed by atoms with van der Waals surface area (Å²) in [6.45, 7) is 1.87. The summed E-state index contributed by atoms with van der Waals surface area (Å²) in [5.74, 6) is 0.0585. The van der Waals surface area contributed by atoms with Crippen molar-refractivity contribution in [2.24, 2.45) is 0 Å². The van der Waals surface area contributed by atoms with Crippen LogP contribution in [-0.2, 0) is 10.0 Å². The fourth-order valence-electron chi connectivity index (χ4n) is 1.78. The first-order chi connectivity index (χ1) is 9.74. The first-order valence-electron chi connectivity index (χ1n) is 6.04. The third-order valence-corrected chi connectivity index (χ3v) is 3.68. The van der Waals surface area contributed by atoms with Crippen LogP contribution in [0, 0.1) is 5.82 Å². The van der Waals surface area contributed by atoms with Gasteiger partial charge in [-0.1, -0.05) is 0 Å². The molecule has 2 aromatic rings. The second-order valence-corrected chi connectivity index (χ2v) is 7.11. The fraction of sp³-hybridized carbons (Fsp3) is 0.231. The lowest BCUT2D eigenvalue weighted by atomic mass is 10.2. The number of anilines is 2. The second kappa shape index (κ2) is 6.07. The Morgan fingerprint density at radius 3 is 2.57 bits per heavy atom. The van der Waals surface area contributed by atoms with Crippen molar-refractivity contribution in [1.82, 2.24) is 0 Å². The number of nitrogens with one attached hydrogen (secondary N) is 2. The number of sulfonamides is 1. The van der Waals surface area contributed by atoms with Crippen LogP contribution >= 0.6 is 15.9 Å². The highest BCUT2D eigenvalue weighted by Crippen LogP contribution is 2.26. The molecule has 0 fully saturated rings. The maximum atomic E-state index is 13.6. The van der Waals surface area contributed by atoms with Gasteiger partial charge in [0.05, 0.1) is 18.0 Å². The number of halogens is 2. The summed E-state index contributed by atoms with van der Waals surface area (Å²) in [7, 11) is -3.54. The summed E-state index contributed by atoms with van der Waals surface area (Å²) in [5.41, 5.74) is 0.470. The van der Waals surface area contributed by atoms with Gasteiger partial charge in [0, 0.05) is 5.69 Å². The molecule has 0 saturated carbocycles. The molecule has 0 aliphatic rings. The van der Waals surface area contributed by atoms with E-state index in [2.05, 4.69) is 26.0 Å². The van der Waals surface area contributed by atoms with Crippen molar-refractivity contribution in [2.75, 3.05) is 16.3 Å². The normalized spacial score (nSPS) is 13.0. The Morgan fingerprint density at radius 2 is 2.00 bits per heavy atom. The van der Waals surface area contributed by atoms with Crippen molar-refractivity contribution in [1.29, 1.82) is 0 Å². The van der Waals surface area contributed by atoms with Crippen LogP contribution in [-0.4, -0.2) is 14.7 Å². The maximum Gasteiger partial charge on any atom is 0.229 e. The zero-order valence-electron chi connectivity index (χ0n) is 11.4. The average molecular weight is 377 g/mol. The van der Waals surface area contributed by atoms with Gasteiger partial charge in [-0.3, -0.25) is 4.72 Å². The van der Waals surface area contributed by atoms with Crippen molar-refractivity contribution in [2.45, 2.75) is 13.0 Å². The third-order valence-electron chi connectivity index (χ3n) is 2.67. The molecule has 0 bridgehead atoms. The Kier molecular flexibility index (Phi) is 4.58. The quantitative estimate of drug-likeness (QED) is 0.833. The molecule has 1 aromatic carbocycles. The Balaban J connectivity index is 2.19. The molecule has 0 aliphatic carbocycles. The summed E-state index contributed by atoms with van der Waals surface area (Å²) >= 11 is 3.22. The van der Waals surface area contributed by atoms with Crippen LogP contribution in [0.25, 0.3) is 0 Å². The Bertz CT molecular complexity index is 746. The van der Waals surface area contributed by atoms with E-state index in [4.69, 9.17) is 4.42 Å². The van der Waals surface area contributed by atoms with Crippen LogP contribution in [0.1, 0.15) is 18.7 Å². The molecule has 1 aromatic heterocycles. The van der Waals surface area contributed by atoms with Gasteiger partial charge in [-0.2, -0.15) is 0 Å². The highest BCUT2D eigenvalue weighted by atomic mass is 79.9. The van der Waals surface area contributed by atoms with Crippen LogP contribution in [0.15, 0.2) is 39.4 Å². The molecule has 0 radical (unpaired) electrons. The third kappa shape index (κ3) is 4.47. The molecule has 0 amide bonds. The van der Waals surface area contributed by atoms with Crippen LogP contribution in [0.2, 0.25) is 0 Å². The molecule has 21 heavy (non-hydrogen) atoms. The van der Waals surface area contributed by atoms with E-state index in [-0.39, 0.29) is 11.7 Å². The summed E-state index contributed by atoms with van der Waals surface area (Å²) in [6, 6.07) is 7.53. The Labute approximate surface area is 130 Å². The molecular weight excluding hydrogens is 363 g/mol. The highest BCUT2D eigenvalue weighted by molar-refractivity contribution is 9.10. The van der Waals surface area contributed by atoms with Gasteiger partial charge in [0.15, 0.2) is 4.67 Å². The molecule has 1 unspecified atom stereocenters. The van der Waals surface area contributed by atoms with Crippen molar-refractivity contribution in [3.05, 3.63) is 46.6 Å². The van der Waals surface area contributed by atoms with Crippen LogP contribution in [0.4, 0.5) is 15.8 Å². The minimum atomic E-state index is -3.54. The molecule has 1 heterocycles. The molecule has 2 N–H and O–H groups in total. The minimum absolute atomic E-state index is 0.102. The van der Waals surface area contributed by atoms with Gasteiger partial charge < -0.3 is 9.73 Å². The molecule has 114 valence electrons. The van der Waals surface area contributed by atoms with Gasteiger partial charge in [0.25, 0.3) is 0 Å². The van der Waals surface area contributed by atoms with Gasteiger partial charge in [-0.15, -0.1) is 0 Å². The highest BCUT2D eigenvalue weighted by Gasteiger charge is 2.12. The molecule has 2 rings (SSSR count). The lowest BCUT2D eigenvalue weighted by Crippen LogP contribution is -2.12. The zero-order valence-corrected chi connectivity index (χ0v) is 13.8. The maximum absolute atomic E-state index is 13.6. The number of rotatable bonds is 5. The van der Waals surface area contributed by atoms with E-state index in [0.29, 0.717) is 16.1 Å². The standard InChI is InChI=1S/C13H14BrFN2O3S/c1-8(12-5-6-13(14)20-12)16-9-3-4-10(15)11(7-9)17-21(2,18)19/h3-8,16-17H,1-2H3. The molecule has 1 atom stereocenters. The minimum Gasteiger partial charge on any atom is -0.452 e. The van der Waals surface area contributed by atoms with E-state index in [1.807, 2.05) is 6.92 Å². The second-order valence-electron chi connectivity index (χ2n) is 4.58. The van der Waals surface area contributed by atoms with E-state index < -0.39 is 15.8 Å². The van der Waals surface area contributed by atoms with E-state index in [9.17, 15) is 12.8 Å². The van der Waals surface area contributed by atoms with E-state index in [0.717, 1.165) is 6.26 Å². The number of hydrogen-bond acceptors (Lipinski definition) is 4. The smallest absolute Gasteiger partial charge is 0.229 e. The predicted octanol–water partition coefficient (Wildman–Crippen LogP) is 3.73. The predicted molar refractivity (Wildman–Crippen MR) is 83.3 cm³/mol. The largest absolute Gasteiger partial charge is 0.452 e. The molecule has 0 aliphatic heterocycles. The molecule has 0 saturated heterocycles. The molecule has 8 heteroatoms. The lowest BCUT2D eigenvalue weighted by molar-refractivity contribution is 0.471. The van der Waals surface area contributed by atoms with Crippen molar-refractivity contribution in [3.63, 3.8) is 0 Å². The van der Waals surface area contributed by atoms with Crippen molar-refractivity contribution < 1.29 is 17.2 Å². The average Bonchev–Trinajstić information content (AvgIpc) is 2.78. The van der Waals surface area contributed by atoms with Gasteiger partial charge in [-0.05, 0) is 53.2 Å². The zero-order chi connectivity index (χ0) is 15.6. The summed E-state index contributed by atoms with van der Waals surface area (Å²) < 4.78 is 44.1. The van der Waals surface area contributed by atoms with E-state index in [1.54, 1.807) is 12.1 Å². The first-order valence-corrected chi connectivity index (χ1v) is 8.72. The van der Waals surface area contributed by atoms with Crippen LogP contribution in [0.5, 0.6) is 0 Å². The summed E-state index contributed by atoms with van der Waals surface area (Å²) in [6.07, 6.45) is 0.968. The van der Waals surface area contributed by atoms with Gasteiger partial charge in [0.2, 0.25) is 10.0 Å². The van der Waals surface area contributed by atoms with Gasteiger partial charge >= 0.3 is 0 Å². The molecular formula is C13H14BrFN2O3S. The van der Waals surface area contributed by atoms with Crippen molar-refractivity contribution >= 4 is 37.3 Å². The van der Waals surface area contributed by atoms with Crippen LogP contribution < -0.4 is 10.0 Å². The summed E-state index contributed by atoms with van der Waals surface area (Å²) in [4.78, 5) is 0. The first kappa shape index (κ1) is 15.8.